The normalized spacial score (nSPS) is 12.8. The van der Waals surface area contributed by atoms with Gasteiger partial charge in [0.1, 0.15) is 11.6 Å². The van der Waals surface area contributed by atoms with E-state index in [0.29, 0.717) is 29.1 Å². The molecule has 7 nitrogen and oxygen atoms in total. The summed E-state index contributed by atoms with van der Waals surface area (Å²) in [6, 6.07) is 12.5. The first-order valence-corrected chi connectivity index (χ1v) is 11.1. The van der Waals surface area contributed by atoms with Crippen molar-refractivity contribution in [3.8, 4) is 5.75 Å². The fourth-order valence-corrected chi connectivity index (χ4v) is 3.37. The van der Waals surface area contributed by atoms with Gasteiger partial charge in [0.2, 0.25) is 0 Å². The minimum Gasteiger partial charge on any atom is -0.479 e. The van der Waals surface area contributed by atoms with E-state index < -0.39 is 17.5 Å². The average Bonchev–Trinajstić information content (AvgIpc) is 2.73. The molecular formula is C24H26BrN3O4. The van der Waals surface area contributed by atoms with Gasteiger partial charge >= 0.3 is 5.97 Å². The third-order valence-electron chi connectivity index (χ3n) is 4.61. The van der Waals surface area contributed by atoms with Gasteiger partial charge in [-0.25, -0.2) is 9.78 Å². The highest BCUT2D eigenvalue weighted by Crippen LogP contribution is 2.23. The van der Waals surface area contributed by atoms with Gasteiger partial charge in [-0.1, -0.05) is 36.7 Å². The number of halogens is 1. The Morgan fingerprint density at radius 1 is 1.22 bits per heavy atom. The number of aromatic nitrogens is 2. The number of benzene rings is 2. The van der Waals surface area contributed by atoms with Crippen LogP contribution >= 0.6 is 15.9 Å². The van der Waals surface area contributed by atoms with E-state index in [0.717, 1.165) is 10.0 Å². The summed E-state index contributed by atoms with van der Waals surface area (Å²) in [6.45, 7) is 9.66. The Bertz CT molecular complexity index is 1210. The molecule has 0 amide bonds. The molecule has 0 saturated heterocycles. The fraction of sp³-hybridized carbons (Fsp3) is 0.333. The van der Waals surface area contributed by atoms with Crippen molar-refractivity contribution >= 4 is 39.0 Å². The van der Waals surface area contributed by atoms with Gasteiger partial charge in [-0.3, -0.25) is 4.79 Å². The van der Waals surface area contributed by atoms with Crippen LogP contribution in [0.25, 0.3) is 10.9 Å². The first-order chi connectivity index (χ1) is 15.1. The monoisotopic (exact) mass is 499 g/mol. The minimum atomic E-state index is -0.703. The topological polar surface area (TPSA) is 82.8 Å². The van der Waals surface area contributed by atoms with E-state index in [9.17, 15) is 9.59 Å². The molecule has 32 heavy (non-hydrogen) atoms. The number of ether oxygens (including phenoxy) is 2. The molecule has 2 aromatic carbocycles. The Balaban J connectivity index is 1.92. The van der Waals surface area contributed by atoms with E-state index >= 15 is 0 Å². The van der Waals surface area contributed by atoms with Crippen molar-refractivity contribution in [2.24, 2.45) is 5.10 Å². The smallest absolute Gasteiger partial charge is 0.347 e. The molecule has 1 atom stereocenters. The van der Waals surface area contributed by atoms with Crippen LogP contribution in [0.5, 0.6) is 5.75 Å². The molecule has 0 fully saturated rings. The molecular weight excluding hydrogens is 474 g/mol. The van der Waals surface area contributed by atoms with Crippen LogP contribution in [0.15, 0.2) is 56.8 Å². The molecule has 0 aliphatic carbocycles. The van der Waals surface area contributed by atoms with Crippen molar-refractivity contribution in [2.75, 3.05) is 6.61 Å². The first kappa shape index (κ1) is 23.7. The minimum absolute atomic E-state index is 0.235. The molecule has 0 aliphatic rings. The molecule has 3 rings (SSSR count). The molecule has 1 aromatic heterocycles. The van der Waals surface area contributed by atoms with E-state index in [2.05, 4.69) is 21.0 Å². The molecule has 1 heterocycles. The predicted octanol–water partition coefficient (Wildman–Crippen LogP) is 4.67. The zero-order valence-corrected chi connectivity index (χ0v) is 20.3. The van der Waals surface area contributed by atoms with E-state index in [1.807, 2.05) is 32.9 Å². The van der Waals surface area contributed by atoms with Crippen LogP contribution in [0.1, 0.15) is 46.0 Å². The fourth-order valence-electron chi connectivity index (χ4n) is 3.01. The molecule has 3 aromatic rings. The number of hydrogen-bond acceptors (Lipinski definition) is 6. The molecule has 168 valence electrons. The second-order valence-corrected chi connectivity index (χ2v) is 9.21. The summed E-state index contributed by atoms with van der Waals surface area (Å²) in [6.07, 6.45) is 0.895. The van der Waals surface area contributed by atoms with E-state index in [4.69, 9.17) is 14.5 Å². The second kappa shape index (κ2) is 9.65. The Labute approximate surface area is 195 Å². The maximum absolute atomic E-state index is 13.2. The summed E-state index contributed by atoms with van der Waals surface area (Å²) in [5, 5.41) is 4.94. The summed E-state index contributed by atoms with van der Waals surface area (Å²) in [4.78, 5) is 29.6. The Kier molecular flexibility index (Phi) is 7.13. The summed E-state index contributed by atoms with van der Waals surface area (Å²) in [5.74, 6) is 0.687. The van der Waals surface area contributed by atoms with Crippen molar-refractivity contribution in [1.82, 2.24) is 9.66 Å². The molecule has 8 heteroatoms. The van der Waals surface area contributed by atoms with Gasteiger partial charge in [0.25, 0.3) is 5.56 Å². The summed E-state index contributed by atoms with van der Waals surface area (Å²) >= 11 is 3.41. The van der Waals surface area contributed by atoms with Crippen molar-refractivity contribution in [2.45, 2.75) is 46.1 Å². The number of hydrogen-bond donors (Lipinski definition) is 0. The number of carbonyl (C=O) groups excluding carboxylic acids is 1. The maximum Gasteiger partial charge on any atom is 0.347 e. The van der Waals surface area contributed by atoms with Gasteiger partial charge in [0.05, 0.1) is 23.7 Å². The highest BCUT2D eigenvalue weighted by atomic mass is 79.9. The lowest BCUT2D eigenvalue weighted by Gasteiger charge is -2.20. The highest BCUT2D eigenvalue weighted by molar-refractivity contribution is 9.10. The third kappa shape index (κ3) is 5.43. The predicted molar refractivity (Wildman–Crippen MR) is 129 cm³/mol. The number of carbonyl (C=O) groups is 1. The van der Waals surface area contributed by atoms with Crippen LogP contribution in [0.3, 0.4) is 0 Å². The molecule has 0 radical (unpaired) electrons. The van der Waals surface area contributed by atoms with E-state index in [1.54, 1.807) is 50.4 Å². The zero-order valence-electron chi connectivity index (χ0n) is 18.8. The SMILES string of the molecule is CCOC(=O)[C@H](C)Oc1ccc(C=Nn2c(C(C)(C)C)nc3ccc(Br)cc3c2=O)cc1. The maximum atomic E-state index is 13.2. The lowest BCUT2D eigenvalue weighted by molar-refractivity contribution is -0.150. The number of fused-ring (bicyclic) bond motifs is 1. The van der Waals surface area contributed by atoms with E-state index in [-0.39, 0.29) is 5.56 Å². The molecule has 0 aliphatic heterocycles. The largest absolute Gasteiger partial charge is 0.479 e. The van der Waals surface area contributed by atoms with Crippen LogP contribution < -0.4 is 10.3 Å². The van der Waals surface area contributed by atoms with Crippen LogP contribution in [0.4, 0.5) is 0 Å². The number of esters is 1. The van der Waals surface area contributed by atoms with Crippen LogP contribution in [-0.4, -0.2) is 34.6 Å². The van der Waals surface area contributed by atoms with Gasteiger partial charge in [-0.15, -0.1) is 0 Å². The molecule has 0 unspecified atom stereocenters. The van der Waals surface area contributed by atoms with Crippen LogP contribution in [0, 0.1) is 0 Å². The second-order valence-electron chi connectivity index (χ2n) is 8.29. The lowest BCUT2D eigenvalue weighted by atomic mass is 9.95. The van der Waals surface area contributed by atoms with Gasteiger partial charge in [-0.05, 0) is 61.9 Å². The van der Waals surface area contributed by atoms with Crippen molar-refractivity contribution in [3.05, 3.63) is 68.7 Å². The molecule has 0 spiro atoms. The standard InChI is InChI=1S/C24H26BrN3O4/c1-6-31-22(30)15(2)32-18-10-7-16(8-11-18)14-26-28-21(29)19-13-17(25)9-12-20(19)27-23(28)24(3,4)5/h7-15H,6H2,1-5H3/t15-/m0/s1. The van der Waals surface area contributed by atoms with Crippen LogP contribution in [0.2, 0.25) is 0 Å². The molecule has 0 bridgehead atoms. The zero-order chi connectivity index (χ0) is 23.5. The molecule has 0 N–H and O–H groups in total. The van der Waals surface area contributed by atoms with Gasteiger partial charge < -0.3 is 9.47 Å². The summed E-state index contributed by atoms with van der Waals surface area (Å²) in [5.41, 5.74) is 0.772. The summed E-state index contributed by atoms with van der Waals surface area (Å²) < 4.78 is 12.7. The van der Waals surface area contributed by atoms with Crippen LogP contribution in [-0.2, 0) is 14.9 Å². The van der Waals surface area contributed by atoms with Gasteiger partial charge in [0, 0.05) is 9.89 Å². The highest BCUT2D eigenvalue weighted by Gasteiger charge is 2.23. The Hall–Kier alpha value is -3.00. The number of rotatable bonds is 6. The first-order valence-electron chi connectivity index (χ1n) is 10.3. The van der Waals surface area contributed by atoms with E-state index in [1.165, 1.54) is 4.68 Å². The Morgan fingerprint density at radius 3 is 2.53 bits per heavy atom. The molecule has 0 saturated carbocycles. The van der Waals surface area contributed by atoms with Crippen molar-refractivity contribution in [1.29, 1.82) is 0 Å². The van der Waals surface area contributed by atoms with Crippen molar-refractivity contribution < 1.29 is 14.3 Å². The lowest BCUT2D eigenvalue weighted by Crippen LogP contribution is -2.29. The van der Waals surface area contributed by atoms with Gasteiger partial charge in [-0.2, -0.15) is 9.78 Å². The summed E-state index contributed by atoms with van der Waals surface area (Å²) in [7, 11) is 0. The average molecular weight is 500 g/mol. The van der Waals surface area contributed by atoms with Gasteiger partial charge in [0.15, 0.2) is 6.10 Å². The third-order valence-corrected chi connectivity index (χ3v) is 5.11. The Morgan fingerprint density at radius 2 is 1.91 bits per heavy atom. The van der Waals surface area contributed by atoms with Crippen molar-refractivity contribution in [3.63, 3.8) is 0 Å². The quantitative estimate of drug-likeness (QED) is 0.363. The number of nitrogens with zero attached hydrogens (tertiary/aromatic N) is 3.